The van der Waals surface area contributed by atoms with Crippen molar-refractivity contribution in [2.45, 2.75) is 31.1 Å². The smallest absolute Gasteiger partial charge is 0.0477 e. The van der Waals surface area contributed by atoms with Gasteiger partial charge in [0.05, 0.1) is 0 Å². The Morgan fingerprint density at radius 1 is 1.22 bits per heavy atom. The quantitative estimate of drug-likeness (QED) is 0.323. The summed E-state index contributed by atoms with van der Waals surface area (Å²) in [6, 6.07) is 0. The lowest BCUT2D eigenvalue weighted by atomic mass is 10.2. The molecule has 1 unspecified atom stereocenters. The Morgan fingerprint density at radius 3 is 2.33 bits per heavy atom. The standard InChI is InChI=1S/C6H15NS2/c7-6(9)4-2-1-3-5-8/h6,8-9H,1-5,7H2. The van der Waals surface area contributed by atoms with Crippen LogP contribution in [0.5, 0.6) is 0 Å². The molecule has 0 amide bonds. The van der Waals surface area contributed by atoms with E-state index in [0.717, 1.165) is 12.2 Å². The van der Waals surface area contributed by atoms with Gasteiger partial charge >= 0.3 is 0 Å². The van der Waals surface area contributed by atoms with Crippen molar-refractivity contribution in [3.05, 3.63) is 0 Å². The van der Waals surface area contributed by atoms with Crippen molar-refractivity contribution in [1.82, 2.24) is 0 Å². The molecular weight excluding hydrogens is 150 g/mol. The highest BCUT2D eigenvalue weighted by Gasteiger charge is 1.92. The molecule has 56 valence electrons. The average molecular weight is 165 g/mol. The summed E-state index contributed by atoms with van der Waals surface area (Å²) in [7, 11) is 0. The maximum absolute atomic E-state index is 5.42. The van der Waals surface area contributed by atoms with Crippen LogP contribution in [-0.4, -0.2) is 11.1 Å². The molecule has 0 rings (SSSR count). The number of rotatable bonds is 5. The van der Waals surface area contributed by atoms with Crippen molar-refractivity contribution >= 4 is 25.3 Å². The van der Waals surface area contributed by atoms with Crippen LogP contribution in [0.4, 0.5) is 0 Å². The fourth-order valence-corrected chi connectivity index (χ4v) is 1.05. The predicted octanol–water partition coefficient (Wildman–Crippen LogP) is 1.69. The van der Waals surface area contributed by atoms with E-state index in [0.29, 0.717) is 0 Å². The Kier molecular flexibility index (Phi) is 7.27. The van der Waals surface area contributed by atoms with E-state index in [9.17, 15) is 0 Å². The second-order valence-corrected chi connectivity index (χ2v) is 3.25. The van der Waals surface area contributed by atoms with Crippen LogP contribution in [-0.2, 0) is 0 Å². The predicted molar refractivity (Wildman–Crippen MR) is 49.3 cm³/mol. The van der Waals surface area contributed by atoms with Gasteiger partial charge in [0.1, 0.15) is 0 Å². The highest BCUT2D eigenvalue weighted by molar-refractivity contribution is 7.80. The molecule has 3 heteroatoms. The Hall–Kier alpha value is 0.660. The molecule has 0 saturated heterocycles. The maximum Gasteiger partial charge on any atom is 0.0477 e. The van der Waals surface area contributed by atoms with Gasteiger partial charge in [0, 0.05) is 5.37 Å². The van der Waals surface area contributed by atoms with E-state index in [-0.39, 0.29) is 5.37 Å². The summed E-state index contributed by atoms with van der Waals surface area (Å²) in [5.74, 6) is 0.988. The van der Waals surface area contributed by atoms with Gasteiger partial charge in [-0.1, -0.05) is 12.8 Å². The fourth-order valence-electron chi connectivity index (χ4n) is 0.642. The van der Waals surface area contributed by atoms with Crippen LogP contribution in [0.15, 0.2) is 0 Å². The van der Waals surface area contributed by atoms with Gasteiger partial charge in [-0.15, -0.1) is 0 Å². The fraction of sp³-hybridized carbons (Fsp3) is 1.00. The highest BCUT2D eigenvalue weighted by atomic mass is 32.1. The van der Waals surface area contributed by atoms with Gasteiger partial charge in [0.2, 0.25) is 0 Å². The van der Waals surface area contributed by atoms with Gasteiger partial charge in [-0.25, -0.2) is 0 Å². The van der Waals surface area contributed by atoms with E-state index in [1.54, 1.807) is 0 Å². The van der Waals surface area contributed by atoms with Crippen LogP contribution in [0, 0.1) is 0 Å². The van der Waals surface area contributed by atoms with E-state index >= 15 is 0 Å². The molecule has 1 atom stereocenters. The largest absolute Gasteiger partial charge is 0.320 e. The summed E-state index contributed by atoms with van der Waals surface area (Å²) in [5, 5.41) is 0.0740. The monoisotopic (exact) mass is 165 g/mol. The third-order valence-electron chi connectivity index (χ3n) is 1.16. The van der Waals surface area contributed by atoms with Gasteiger partial charge in [0.25, 0.3) is 0 Å². The molecule has 9 heavy (non-hydrogen) atoms. The van der Waals surface area contributed by atoms with Gasteiger partial charge < -0.3 is 5.73 Å². The Balaban J connectivity index is 2.75. The van der Waals surface area contributed by atoms with Crippen molar-refractivity contribution in [2.24, 2.45) is 5.73 Å². The second kappa shape index (κ2) is 6.78. The zero-order valence-corrected chi connectivity index (χ0v) is 7.37. The average Bonchev–Trinajstić information content (AvgIpc) is 1.80. The molecule has 0 aliphatic heterocycles. The number of unbranched alkanes of at least 4 members (excludes halogenated alkanes) is 2. The van der Waals surface area contributed by atoms with Crippen LogP contribution in [0.3, 0.4) is 0 Å². The van der Waals surface area contributed by atoms with Crippen LogP contribution in [0.25, 0.3) is 0 Å². The minimum absolute atomic E-state index is 0.0740. The number of hydrogen-bond acceptors (Lipinski definition) is 3. The maximum atomic E-state index is 5.42. The normalized spacial score (nSPS) is 13.7. The molecule has 0 aromatic carbocycles. The van der Waals surface area contributed by atoms with Gasteiger partial charge in [-0.3, -0.25) is 0 Å². The third kappa shape index (κ3) is 8.66. The van der Waals surface area contributed by atoms with Crippen molar-refractivity contribution in [3.8, 4) is 0 Å². The van der Waals surface area contributed by atoms with Crippen LogP contribution in [0.1, 0.15) is 25.7 Å². The number of hydrogen-bond donors (Lipinski definition) is 3. The molecule has 0 bridgehead atoms. The van der Waals surface area contributed by atoms with Crippen LogP contribution >= 0.6 is 25.3 Å². The summed E-state index contributed by atoms with van der Waals surface area (Å²) in [6.07, 6.45) is 4.64. The van der Waals surface area contributed by atoms with E-state index in [4.69, 9.17) is 5.73 Å². The first-order valence-electron chi connectivity index (χ1n) is 3.32. The van der Waals surface area contributed by atoms with Gasteiger partial charge in [-0.2, -0.15) is 25.3 Å². The molecule has 2 N–H and O–H groups in total. The van der Waals surface area contributed by atoms with Gasteiger partial charge in [-0.05, 0) is 18.6 Å². The Bertz CT molecular complexity index is 57.0. The molecule has 1 nitrogen and oxygen atoms in total. The summed E-state index contributed by atoms with van der Waals surface area (Å²) < 4.78 is 0. The summed E-state index contributed by atoms with van der Waals surface area (Å²) in [6.45, 7) is 0. The second-order valence-electron chi connectivity index (χ2n) is 2.14. The molecule has 0 aliphatic carbocycles. The van der Waals surface area contributed by atoms with Crippen LogP contribution < -0.4 is 5.73 Å². The first-order valence-corrected chi connectivity index (χ1v) is 4.46. The van der Waals surface area contributed by atoms with Crippen molar-refractivity contribution in [3.63, 3.8) is 0 Å². The molecule has 0 aromatic heterocycles. The summed E-state index contributed by atoms with van der Waals surface area (Å²) >= 11 is 8.15. The summed E-state index contributed by atoms with van der Waals surface area (Å²) in [5.41, 5.74) is 5.42. The van der Waals surface area contributed by atoms with Crippen molar-refractivity contribution in [1.29, 1.82) is 0 Å². The molecule has 0 heterocycles. The lowest BCUT2D eigenvalue weighted by Crippen LogP contribution is -2.10. The Labute approximate surface area is 68.2 Å². The zero-order valence-electron chi connectivity index (χ0n) is 5.58. The highest BCUT2D eigenvalue weighted by Crippen LogP contribution is 2.04. The van der Waals surface area contributed by atoms with E-state index in [1.807, 2.05) is 0 Å². The van der Waals surface area contributed by atoms with Gasteiger partial charge in [0.15, 0.2) is 0 Å². The third-order valence-corrected chi connectivity index (χ3v) is 1.73. The first kappa shape index (κ1) is 9.66. The molecule has 0 fully saturated rings. The molecule has 0 aliphatic rings. The lowest BCUT2D eigenvalue weighted by Gasteiger charge is -2.01. The topological polar surface area (TPSA) is 26.0 Å². The minimum Gasteiger partial charge on any atom is -0.320 e. The Morgan fingerprint density at radius 2 is 1.89 bits per heavy atom. The first-order chi connectivity index (χ1) is 4.27. The number of thiol groups is 2. The lowest BCUT2D eigenvalue weighted by molar-refractivity contribution is 0.660. The van der Waals surface area contributed by atoms with Crippen molar-refractivity contribution < 1.29 is 0 Å². The molecule has 0 radical (unpaired) electrons. The van der Waals surface area contributed by atoms with Crippen LogP contribution in [0.2, 0.25) is 0 Å². The zero-order chi connectivity index (χ0) is 7.11. The SMILES string of the molecule is NC(S)CCCCCS. The minimum atomic E-state index is 0.0740. The summed E-state index contributed by atoms with van der Waals surface area (Å²) in [4.78, 5) is 0. The van der Waals surface area contributed by atoms with E-state index in [2.05, 4.69) is 25.3 Å². The van der Waals surface area contributed by atoms with Crippen molar-refractivity contribution in [2.75, 3.05) is 5.75 Å². The molecule has 0 spiro atoms. The van der Waals surface area contributed by atoms with E-state index in [1.165, 1.54) is 19.3 Å². The molecular formula is C6H15NS2. The molecule has 0 saturated carbocycles. The molecule has 0 aromatic rings. The van der Waals surface area contributed by atoms with E-state index < -0.39 is 0 Å². The number of nitrogens with two attached hydrogens (primary N) is 1.